The van der Waals surface area contributed by atoms with Crippen LogP contribution in [0.25, 0.3) is 0 Å². The fourth-order valence-corrected chi connectivity index (χ4v) is 4.81. The molecule has 2 atom stereocenters. The Bertz CT molecular complexity index is 800. The monoisotopic (exact) mass is 498 g/mol. The lowest BCUT2D eigenvalue weighted by molar-refractivity contribution is -0.156. The normalized spacial score (nSPS) is 24.2. The molecule has 1 amide bonds. The van der Waals surface area contributed by atoms with Gasteiger partial charge in [-0.25, -0.2) is 4.79 Å². The van der Waals surface area contributed by atoms with Crippen LogP contribution in [0.5, 0.6) is 0 Å². The zero-order valence-electron chi connectivity index (χ0n) is 18.6. The van der Waals surface area contributed by atoms with Crippen molar-refractivity contribution in [3.63, 3.8) is 0 Å². The molecule has 172 valence electrons. The Labute approximate surface area is 191 Å². The molecule has 2 unspecified atom stereocenters. The smallest absolute Gasteiger partial charge is 0.410 e. The average molecular weight is 499 g/mol. The van der Waals surface area contributed by atoms with Crippen LogP contribution in [0, 0.1) is 0 Å². The first kappa shape index (κ1) is 23.9. The molecule has 1 aliphatic carbocycles. The summed E-state index contributed by atoms with van der Waals surface area (Å²) in [7, 11) is 1.46. The number of likely N-dealkylation sites (tertiary alicyclic amines) is 2. The van der Waals surface area contributed by atoms with E-state index in [1.807, 2.05) is 0 Å². The summed E-state index contributed by atoms with van der Waals surface area (Å²) >= 11 is 3.61. The number of hydrogen-bond donors (Lipinski definition) is 0. The highest BCUT2D eigenvalue weighted by Crippen LogP contribution is 2.35. The zero-order chi connectivity index (χ0) is 22.8. The van der Waals surface area contributed by atoms with Crippen molar-refractivity contribution >= 4 is 33.8 Å². The van der Waals surface area contributed by atoms with Gasteiger partial charge in [-0.3, -0.25) is 19.4 Å². The fourth-order valence-electron chi connectivity index (χ4n) is 4.20. The van der Waals surface area contributed by atoms with Crippen LogP contribution in [-0.4, -0.2) is 85.3 Å². The van der Waals surface area contributed by atoms with E-state index in [0.717, 1.165) is 22.9 Å². The second-order valence-electron chi connectivity index (χ2n) is 9.18. The number of hydrogen-bond acceptors (Lipinski definition) is 7. The van der Waals surface area contributed by atoms with E-state index in [4.69, 9.17) is 14.2 Å². The molecule has 31 heavy (non-hydrogen) atoms. The van der Waals surface area contributed by atoms with Crippen molar-refractivity contribution in [2.45, 2.75) is 57.8 Å². The lowest BCUT2D eigenvalue weighted by Gasteiger charge is -2.25. The van der Waals surface area contributed by atoms with Crippen molar-refractivity contribution in [2.24, 2.45) is 0 Å². The number of methoxy groups -OCH3 is 1. The predicted octanol–water partition coefficient (Wildman–Crippen LogP) is 2.81. The summed E-state index contributed by atoms with van der Waals surface area (Å²) < 4.78 is 17.3. The molecule has 3 aliphatic rings. The number of fused-ring (bicyclic) bond motifs is 1. The number of ketones is 1. The largest absolute Gasteiger partial charge is 0.459 e. The molecule has 0 radical (unpaired) electrons. The number of halogens is 1. The van der Waals surface area contributed by atoms with Crippen LogP contribution in [0.15, 0.2) is 21.7 Å². The molecule has 2 aliphatic heterocycles. The average Bonchev–Trinajstić information content (AvgIpc) is 3.25. The summed E-state index contributed by atoms with van der Waals surface area (Å²) in [6.07, 6.45) is 3.55. The van der Waals surface area contributed by atoms with E-state index in [0.29, 0.717) is 26.1 Å². The van der Waals surface area contributed by atoms with Gasteiger partial charge in [0.2, 0.25) is 0 Å². The molecule has 3 rings (SSSR count). The second-order valence-corrected chi connectivity index (χ2v) is 10.1. The maximum Gasteiger partial charge on any atom is 0.410 e. The molecule has 0 aromatic heterocycles. The molecule has 0 bridgehead atoms. The van der Waals surface area contributed by atoms with E-state index in [2.05, 4.69) is 22.0 Å². The predicted molar refractivity (Wildman–Crippen MR) is 118 cm³/mol. The molecule has 2 saturated heterocycles. The molecule has 2 heterocycles. The van der Waals surface area contributed by atoms with Gasteiger partial charge in [0.15, 0.2) is 5.78 Å². The van der Waals surface area contributed by atoms with Crippen molar-refractivity contribution < 1.29 is 28.6 Å². The first-order valence-corrected chi connectivity index (χ1v) is 11.4. The number of rotatable bonds is 6. The highest BCUT2D eigenvalue weighted by atomic mass is 79.9. The van der Waals surface area contributed by atoms with Crippen LogP contribution in [-0.2, 0) is 23.8 Å². The molecular formula is C22H31BrN2O6. The third-order valence-corrected chi connectivity index (χ3v) is 6.36. The van der Waals surface area contributed by atoms with Gasteiger partial charge in [-0.15, -0.1) is 0 Å². The Balaban J connectivity index is 1.62. The van der Waals surface area contributed by atoms with Crippen molar-refractivity contribution in [3.8, 4) is 0 Å². The topological polar surface area (TPSA) is 85.4 Å². The van der Waals surface area contributed by atoms with Gasteiger partial charge < -0.3 is 14.2 Å². The van der Waals surface area contributed by atoms with Gasteiger partial charge in [0.25, 0.3) is 0 Å². The van der Waals surface area contributed by atoms with Crippen LogP contribution < -0.4 is 0 Å². The molecule has 0 aromatic rings. The highest BCUT2D eigenvalue weighted by molar-refractivity contribution is 9.11. The van der Waals surface area contributed by atoms with Gasteiger partial charge in [-0.1, -0.05) is 22.0 Å². The number of carbonyl (C=O) groups is 3. The number of amides is 1. The Hall–Kier alpha value is -1.71. The summed E-state index contributed by atoms with van der Waals surface area (Å²) in [5.41, 5.74) is 1.72. The van der Waals surface area contributed by atoms with Gasteiger partial charge >= 0.3 is 12.1 Å². The van der Waals surface area contributed by atoms with Crippen molar-refractivity contribution in [2.75, 3.05) is 39.9 Å². The van der Waals surface area contributed by atoms with Crippen LogP contribution in [0.1, 0.15) is 40.0 Å². The minimum Gasteiger partial charge on any atom is -0.459 e. The Morgan fingerprint density at radius 3 is 2.61 bits per heavy atom. The second kappa shape index (κ2) is 9.83. The number of Topliss-reactive ketones (excluding diaryl/α,β-unsaturated/α-hetero) is 1. The minimum absolute atomic E-state index is 0.0398. The summed E-state index contributed by atoms with van der Waals surface area (Å²) in [6, 6.07) is -0.550. The number of ether oxygens (including phenoxy) is 3. The highest BCUT2D eigenvalue weighted by Gasteiger charge is 2.41. The van der Waals surface area contributed by atoms with E-state index < -0.39 is 29.8 Å². The molecule has 9 heteroatoms. The van der Waals surface area contributed by atoms with Crippen molar-refractivity contribution in [1.82, 2.24) is 9.80 Å². The van der Waals surface area contributed by atoms with E-state index in [-0.39, 0.29) is 18.9 Å². The lowest BCUT2D eigenvalue weighted by Crippen LogP contribution is -2.42. The molecule has 0 N–H and O–H groups in total. The Morgan fingerprint density at radius 2 is 1.97 bits per heavy atom. The van der Waals surface area contributed by atoms with Gasteiger partial charge in [-0.05, 0) is 44.8 Å². The first-order chi connectivity index (χ1) is 14.6. The zero-order valence-corrected chi connectivity index (χ0v) is 20.2. The minimum atomic E-state index is -0.612. The van der Waals surface area contributed by atoms with Gasteiger partial charge in [0.1, 0.15) is 18.3 Å². The van der Waals surface area contributed by atoms with E-state index in [1.165, 1.54) is 12.7 Å². The summed E-state index contributed by atoms with van der Waals surface area (Å²) in [4.78, 5) is 41.0. The number of allylic oxidation sites excluding steroid dienone is 2. The van der Waals surface area contributed by atoms with Gasteiger partial charge in [0, 0.05) is 31.1 Å². The maximum atomic E-state index is 12.8. The molecule has 0 saturated carbocycles. The molecule has 8 nitrogen and oxygen atoms in total. The van der Waals surface area contributed by atoms with E-state index >= 15 is 0 Å². The van der Waals surface area contributed by atoms with Crippen molar-refractivity contribution in [1.29, 1.82) is 0 Å². The quantitative estimate of drug-likeness (QED) is 0.520. The standard InChI is InChI=1S/C22H31BrN2O6/c1-22(2,3)31-20(27)12-24-10-15(8-18(24)19(26)13-29-4)30-21(28)25-9-14-6-5-7-17(23)16(14)11-25/h6,15,18H,5,7-13H2,1-4H3. The summed E-state index contributed by atoms with van der Waals surface area (Å²) in [5, 5.41) is 0. The number of nitrogens with zero attached hydrogens (tertiary/aromatic N) is 2. The SMILES string of the molecule is COCC(=O)C1CC(OC(=O)N2CC3=CCCC(Br)=C3C2)CN1CC(=O)OC(C)(C)C. The molecule has 0 aromatic carbocycles. The van der Waals surface area contributed by atoms with Crippen LogP contribution >= 0.6 is 15.9 Å². The first-order valence-electron chi connectivity index (χ1n) is 10.6. The maximum absolute atomic E-state index is 12.8. The molecule has 0 spiro atoms. The Morgan fingerprint density at radius 1 is 1.23 bits per heavy atom. The van der Waals surface area contributed by atoms with Crippen LogP contribution in [0.4, 0.5) is 4.79 Å². The molecule has 2 fully saturated rings. The van der Waals surface area contributed by atoms with Crippen LogP contribution in [0.2, 0.25) is 0 Å². The summed E-state index contributed by atoms with van der Waals surface area (Å²) in [5.74, 6) is -0.557. The van der Waals surface area contributed by atoms with Crippen molar-refractivity contribution in [3.05, 3.63) is 21.7 Å². The van der Waals surface area contributed by atoms with Crippen LogP contribution in [0.3, 0.4) is 0 Å². The van der Waals surface area contributed by atoms with E-state index in [1.54, 1.807) is 30.6 Å². The fraction of sp³-hybridized carbons (Fsp3) is 0.682. The number of carbonyl (C=O) groups excluding carboxylic acids is 3. The number of esters is 1. The Kier molecular flexibility index (Phi) is 7.59. The van der Waals surface area contributed by atoms with Gasteiger partial charge in [-0.2, -0.15) is 0 Å². The summed E-state index contributed by atoms with van der Waals surface area (Å²) in [6.45, 7) is 6.64. The molecular weight excluding hydrogens is 468 g/mol. The van der Waals surface area contributed by atoms with E-state index in [9.17, 15) is 14.4 Å². The lowest BCUT2D eigenvalue weighted by atomic mass is 10.0. The third-order valence-electron chi connectivity index (χ3n) is 5.48. The third kappa shape index (κ3) is 6.17. The van der Waals surface area contributed by atoms with Gasteiger partial charge in [0.05, 0.1) is 19.1 Å².